The molecule has 0 rings (SSSR count). The van der Waals surface area contributed by atoms with Crippen LogP contribution in [0.4, 0.5) is 0 Å². The number of carbonyl (C=O) groups is 3. The highest BCUT2D eigenvalue weighted by atomic mass is 16.7. The monoisotopic (exact) mass is 776 g/mol. The molecule has 0 aromatic rings. The zero-order chi connectivity index (χ0) is 40.7. The molecule has 0 aliphatic rings. The Morgan fingerprint density at radius 1 is 0.564 bits per heavy atom. The smallest absolute Gasteiger partial charge is 0.306 e. The number of carboxylic acids is 1. The number of hydrogen-bond donors (Lipinski definition) is 0. The third-order valence-corrected chi connectivity index (χ3v) is 9.09. The number of likely N-dealkylation sites (N-methyl/N-ethyl adjacent to an activating group) is 1. The number of esters is 2. The molecule has 9 nitrogen and oxygen atoms in total. The van der Waals surface area contributed by atoms with Crippen molar-refractivity contribution in [2.45, 2.75) is 180 Å². The predicted octanol–water partition coefficient (Wildman–Crippen LogP) is 9.88. The minimum Gasteiger partial charge on any atom is -0.545 e. The van der Waals surface area contributed by atoms with E-state index in [-0.39, 0.29) is 38.6 Å². The Labute approximate surface area is 336 Å². The SMILES string of the molecule is CC/C=C\C/C=C\C/C=C\C/C=C\CCCCCCC(=O)OC(COC(=O)CCCCCCCCCCCCCCC)COC(OCC[N+](C)(C)C)C(=O)[O-]. The number of allylic oxidation sites excluding steroid dienone is 8. The van der Waals surface area contributed by atoms with Crippen LogP contribution in [-0.2, 0) is 33.3 Å². The molecule has 0 bridgehead atoms. The second-order valence-electron chi connectivity index (χ2n) is 15.6. The standard InChI is InChI=1S/C46H81NO8/c1-6-8-10-12-14-16-18-20-21-22-23-25-27-29-31-33-35-37-44(49)55-42(41-54-46(45(50)51)52-39-38-47(3,4)5)40-53-43(48)36-34-32-30-28-26-24-19-17-15-13-11-9-7-2/h8,10,14,16,20-21,23,25,42,46H,6-7,9,11-13,15,17-19,22,24,26-41H2,1-5H3/b10-8-,16-14-,21-20-,25-23-. The lowest BCUT2D eigenvalue weighted by atomic mass is 10.0. The summed E-state index contributed by atoms with van der Waals surface area (Å²) >= 11 is 0. The van der Waals surface area contributed by atoms with Crippen molar-refractivity contribution in [2.24, 2.45) is 0 Å². The van der Waals surface area contributed by atoms with Gasteiger partial charge < -0.3 is 33.3 Å². The Bertz CT molecular complexity index is 1050. The van der Waals surface area contributed by atoms with Crippen molar-refractivity contribution in [1.82, 2.24) is 0 Å². The van der Waals surface area contributed by atoms with Gasteiger partial charge in [0.05, 0.1) is 40.3 Å². The molecule has 0 N–H and O–H groups in total. The van der Waals surface area contributed by atoms with Crippen LogP contribution < -0.4 is 5.11 Å². The normalized spacial score (nSPS) is 13.4. The van der Waals surface area contributed by atoms with Crippen LogP contribution in [0.1, 0.15) is 168 Å². The van der Waals surface area contributed by atoms with Gasteiger partial charge in [-0.3, -0.25) is 9.59 Å². The van der Waals surface area contributed by atoms with E-state index in [9.17, 15) is 19.5 Å². The van der Waals surface area contributed by atoms with Crippen LogP contribution in [0.25, 0.3) is 0 Å². The lowest BCUT2D eigenvalue weighted by Gasteiger charge is -2.26. The summed E-state index contributed by atoms with van der Waals surface area (Å²) in [5, 5.41) is 11.7. The van der Waals surface area contributed by atoms with Gasteiger partial charge in [-0.2, -0.15) is 0 Å². The van der Waals surface area contributed by atoms with Gasteiger partial charge in [-0.15, -0.1) is 0 Å². The van der Waals surface area contributed by atoms with Gasteiger partial charge in [-0.1, -0.05) is 152 Å². The van der Waals surface area contributed by atoms with Crippen LogP contribution >= 0.6 is 0 Å². The Balaban J connectivity index is 4.51. The molecule has 0 amide bonds. The molecule has 0 aliphatic carbocycles. The number of unbranched alkanes of at least 4 members (excludes halogenated alkanes) is 16. The van der Waals surface area contributed by atoms with Crippen molar-refractivity contribution in [1.29, 1.82) is 0 Å². The molecule has 0 heterocycles. The Hall–Kier alpha value is -2.75. The van der Waals surface area contributed by atoms with Gasteiger partial charge in [0.1, 0.15) is 13.2 Å². The number of nitrogens with zero attached hydrogens (tertiary/aromatic N) is 1. The molecular weight excluding hydrogens is 695 g/mol. The average molecular weight is 776 g/mol. The van der Waals surface area contributed by atoms with Crippen molar-refractivity contribution in [3.63, 3.8) is 0 Å². The lowest BCUT2D eigenvalue weighted by molar-refractivity contribution is -0.870. The van der Waals surface area contributed by atoms with Crippen LogP contribution in [0.15, 0.2) is 48.6 Å². The molecule has 2 unspecified atom stereocenters. The maximum Gasteiger partial charge on any atom is 0.306 e. The highest BCUT2D eigenvalue weighted by molar-refractivity contribution is 5.70. The first-order chi connectivity index (χ1) is 26.6. The molecule has 0 fully saturated rings. The van der Waals surface area contributed by atoms with E-state index in [0.29, 0.717) is 17.4 Å². The Kier molecular flexibility index (Phi) is 36.2. The van der Waals surface area contributed by atoms with Crippen molar-refractivity contribution in [3.8, 4) is 0 Å². The van der Waals surface area contributed by atoms with Crippen LogP contribution in [0.3, 0.4) is 0 Å². The van der Waals surface area contributed by atoms with E-state index in [1.54, 1.807) is 0 Å². The summed E-state index contributed by atoms with van der Waals surface area (Å²) in [6.45, 7) is 4.58. The Morgan fingerprint density at radius 2 is 1.04 bits per heavy atom. The molecule has 0 aromatic heterocycles. The van der Waals surface area contributed by atoms with Crippen LogP contribution in [-0.4, -0.2) is 82.3 Å². The number of ether oxygens (including phenoxy) is 4. The zero-order valence-electron chi connectivity index (χ0n) is 35.8. The van der Waals surface area contributed by atoms with E-state index in [2.05, 4.69) is 62.5 Å². The average Bonchev–Trinajstić information content (AvgIpc) is 3.14. The van der Waals surface area contributed by atoms with E-state index >= 15 is 0 Å². The minimum absolute atomic E-state index is 0.142. The largest absolute Gasteiger partial charge is 0.545 e. The van der Waals surface area contributed by atoms with Crippen molar-refractivity contribution in [3.05, 3.63) is 48.6 Å². The first-order valence-corrected chi connectivity index (χ1v) is 21.8. The molecule has 0 saturated heterocycles. The summed E-state index contributed by atoms with van der Waals surface area (Å²) in [6.07, 6.45) is 39.9. The summed E-state index contributed by atoms with van der Waals surface area (Å²) in [5.74, 6) is -2.32. The number of rotatable bonds is 39. The number of aliphatic carboxylic acids is 1. The fourth-order valence-electron chi connectivity index (χ4n) is 5.70. The van der Waals surface area contributed by atoms with Gasteiger partial charge >= 0.3 is 11.9 Å². The van der Waals surface area contributed by atoms with Gasteiger partial charge in [-0.25, -0.2) is 0 Å². The Morgan fingerprint density at radius 3 is 1.55 bits per heavy atom. The van der Waals surface area contributed by atoms with Crippen LogP contribution in [0, 0.1) is 0 Å². The van der Waals surface area contributed by atoms with Crippen molar-refractivity contribution in [2.75, 3.05) is 47.5 Å². The molecule has 55 heavy (non-hydrogen) atoms. The molecule has 0 radical (unpaired) electrons. The summed E-state index contributed by atoms with van der Waals surface area (Å²) in [5.41, 5.74) is 0. The van der Waals surface area contributed by atoms with Gasteiger partial charge in [0, 0.05) is 12.8 Å². The van der Waals surface area contributed by atoms with E-state index in [1.165, 1.54) is 64.2 Å². The number of quaternary nitrogens is 1. The van der Waals surface area contributed by atoms with Crippen LogP contribution in [0.5, 0.6) is 0 Å². The summed E-state index contributed by atoms with van der Waals surface area (Å²) in [7, 11) is 5.89. The highest BCUT2D eigenvalue weighted by Gasteiger charge is 2.21. The molecule has 0 aromatic carbocycles. The van der Waals surface area contributed by atoms with Crippen molar-refractivity contribution >= 4 is 17.9 Å². The third-order valence-electron chi connectivity index (χ3n) is 9.09. The summed E-state index contributed by atoms with van der Waals surface area (Å²) in [6, 6.07) is 0. The van der Waals surface area contributed by atoms with Gasteiger partial charge in [-0.05, 0) is 51.4 Å². The van der Waals surface area contributed by atoms with E-state index < -0.39 is 24.3 Å². The minimum atomic E-state index is -1.63. The number of carbonyl (C=O) groups excluding carboxylic acids is 3. The zero-order valence-corrected chi connectivity index (χ0v) is 35.8. The van der Waals surface area contributed by atoms with E-state index in [1.807, 2.05) is 21.1 Å². The molecule has 0 aliphatic heterocycles. The van der Waals surface area contributed by atoms with Gasteiger partial charge in [0.15, 0.2) is 12.4 Å². The van der Waals surface area contributed by atoms with E-state index in [4.69, 9.17) is 18.9 Å². The molecule has 9 heteroatoms. The molecule has 0 saturated carbocycles. The fraction of sp³-hybridized carbons (Fsp3) is 0.761. The second kappa shape index (κ2) is 38.1. The predicted molar refractivity (Wildman–Crippen MR) is 223 cm³/mol. The lowest BCUT2D eigenvalue weighted by Crippen LogP contribution is -2.44. The topological polar surface area (TPSA) is 111 Å². The first-order valence-electron chi connectivity index (χ1n) is 21.8. The third kappa shape index (κ3) is 39.3. The quantitative estimate of drug-likeness (QED) is 0.0200. The summed E-state index contributed by atoms with van der Waals surface area (Å²) < 4.78 is 22.5. The van der Waals surface area contributed by atoms with Gasteiger partial charge in [0.25, 0.3) is 0 Å². The van der Waals surface area contributed by atoms with Crippen molar-refractivity contribution < 1.29 is 42.9 Å². The van der Waals surface area contributed by atoms with Gasteiger partial charge in [0.2, 0.25) is 0 Å². The highest BCUT2D eigenvalue weighted by Crippen LogP contribution is 2.14. The number of carboxylic acid groups (broad SMARTS) is 1. The molecular formula is C46H81NO8. The maximum absolute atomic E-state index is 12.7. The molecule has 2 atom stereocenters. The van der Waals surface area contributed by atoms with Crippen LogP contribution in [0.2, 0.25) is 0 Å². The summed E-state index contributed by atoms with van der Waals surface area (Å²) in [4.78, 5) is 36.9. The maximum atomic E-state index is 12.7. The second-order valence-corrected chi connectivity index (χ2v) is 15.6. The molecule has 318 valence electrons. The fourth-order valence-corrected chi connectivity index (χ4v) is 5.70. The molecule has 0 spiro atoms. The number of hydrogen-bond acceptors (Lipinski definition) is 8. The van der Waals surface area contributed by atoms with E-state index in [0.717, 1.165) is 70.6 Å². The first kappa shape index (κ1) is 52.2.